The van der Waals surface area contributed by atoms with Crippen molar-refractivity contribution in [1.82, 2.24) is 10.0 Å². The van der Waals surface area contributed by atoms with E-state index in [2.05, 4.69) is 10.0 Å². The summed E-state index contributed by atoms with van der Waals surface area (Å²) in [7, 11) is -3.96. The Balaban J connectivity index is 1.76. The Morgan fingerprint density at radius 2 is 1.59 bits per heavy atom. The minimum absolute atomic E-state index is 0.0327. The van der Waals surface area contributed by atoms with Crippen LogP contribution < -0.4 is 14.8 Å². The van der Waals surface area contributed by atoms with Crippen molar-refractivity contribution in [3.05, 3.63) is 95.8 Å². The molecule has 1 unspecified atom stereocenters. The van der Waals surface area contributed by atoms with Gasteiger partial charge in [-0.3, -0.25) is 4.79 Å². The van der Waals surface area contributed by atoms with Crippen molar-refractivity contribution in [3.63, 3.8) is 0 Å². The number of halogens is 1. The highest BCUT2D eigenvalue weighted by Crippen LogP contribution is 2.17. The van der Waals surface area contributed by atoms with Gasteiger partial charge in [-0.15, -0.1) is 0 Å². The standard InChI is InChI=1S/C24H25FN2O4S/c1-2-31-21-12-14-22(15-13-21)32(29,30)27-23(16-18-6-4-3-5-7-18)24(28)26-17-19-8-10-20(25)11-9-19/h3-15,23,27H,2,16-17H2,1H3,(H,26,28). The number of sulfonamides is 1. The first-order chi connectivity index (χ1) is 15.4. The molecule has 0 bridgehead atoms. The number of hydrogen-bond donors (Lipinski definition) is 2. The van der Waals surface area contributed by atoms with Crippen molar-refractivity contribution in [2.75, 3.05) is 6.61 Å². The number of carbonyl (C=O) groups is 1. The van der Waals surface area contributed by atoms with Gasteiger partial charge in [0.05, 0.1) is 11.5 Å². The molecule has 3 aromatic rings. The summed E-state index contributed by atoms with van der Waals surface area (Å²) in [6.45, 7) is 2.46. The number of benzene rings is 3. The molecule has 0 fully saturated rings. The van der Waals surface area contributed by atoms with Gasteiger partial charge in [0, 0.05) is 6.54 Å². The number of rotatable bonds is 10. The summed E-state index contributed by atoms with van der Waals surface area (Å²) in [5, 5.41) is 2.73. The van der Waals surface area contributed by atoms with Gasteiger partial charge in [0.2, 0.25) is 15.9 Å². The van der Waals surface area contributed by atoms with Gasteiger partial charge in [-0.25, -0.2) is 12.8 Å². The molecule has 0 radical (unpaired) electrons. The van der Waals surface area contributed by atoms with Crippen LogP contribution in [-0.4, -0.2) is 27.0 Å². The van der Waals surface area contributed by atoms with Gasteiger partial charge in [-0.1, -0.05) is 42.5 Å². The Bertz CT molecular complexity index is 1120. The van der Waals surface area contributed by atoms with E-state index in [1.807, 2.05) is 37.3 Å². The lowest BCUT2D eigenvalue weighted by molar-refractivity contribution is -0.122. The molecular weight excluding hydrogens is 431 g/mol. The van der Waals surface area contributed by atoms with E-state index in [1.54, 1.807) is 24.3 Å². The van der Waals surface area contributed by atoms with Crippen LogP contribution in [-0.2, 0) is 27.8 Å². The van der Waals surface area contributed by atoms with Gasteiger partial charge in [-0.2, -0.15) is 4.72 Å². The van der Waals surface area contributed by atoms with Gasteiger partial charge in [0.1, 0.15) is 17.6 Å². The molecule has 2 N–H and O–H groups in total. The minimum atomic E-state index is -3.96. The maximum Gasteiger partial charge on any atom is 0.241 e. The van der Waals surface area contributed by atoms with Crippen LogP contribution in [0.15, 0.2) is 83.8 Å². The molecule has 3 rings (SSSR count). The highest BCUT2D eigenvalue weighted by molar-refractivity contribution is 7.89. The molecule has 1 atom stereocenters. The summed E-state index contributed by atoms with van der Waals surface area (Å²) in [5.41, 5.74) is 1.51. The molecule has 0 saturated carbocycles. The molecule has 6 nitrogen and oxygen atoms in total. The minimum Gasteiger partial charge on any atom is -0.494 e. The van der Waals surface area contributed by atoms with E-state index in [1.165, 1.54) is 24.3 Å². The first-order valence-electron chi connectivity index (χ1n) is 10.2. The molecule has 0 heterocycles. The Labute approximate surface area is 187 Å². The largest absolute Gasteiger partial charge is 0.494 e. The number of hydrogen-bond acceptors (Lipinski definition) is 4. The Morgan fingerprint density at radius 1 is 0.938 bits per heavy atom. The predicted octanol–water partition coefficient (Wildman–Crippen LogP) is 3.43. The second-order valence-corrected chi connectivity index (χ2v) is 8.83. The second kappa shape index (κ2) is 10.9. The predicted molar refractivity (Wildman–Crippen MR) is 120 cm³/mol. The SMILES string of the molecule is CCOc1ccc(S(=O)(=O)NC(Cc2ccccc2)C(=O)NCc2ccc(F)cc2)cc1. The fraction of sp³-hybridized carbons (Fsp3) is 0.208. The Hall–Kier alpha value is -3.23. The normalized spacial score (nSPS) is 12.2. The Kier molecular flexibility index (Phi) is 7.97. The molecule has 3 aromatic carbocycles. The van der Waals surface area contributed by atoms with Gasteiger partial charge in [0.15, 0.2) is 0 Å². The molecule has 168 valence electrons. The van der Waals surface area contributed by atoms with Crippen molar-refractivity contribution < 1.29 is 22.3 Å². The molecule has 32 heavy (non-hydrogen) atoms. The van der Waals surface area contributed by atoms with E-state index < -0.39 is 22.0 Å². The summed E-state index contributed by atoms with van der Waals surface area (Å²) in [6, 6.07) is 19.8. The lowest BCUT2D eigenvalue weighted by Gasteiger charge is -2.19. The summed E-state index contributed by atoms with van der Waals surface area (Å²) >= 11 is 0. The highest BCUT2D eigenvalue weighted by atomic mass is 32.2. The zero-order valence-corrected chi connectivity index (χ0v) is 18.4. The number of ether oxygens (including phenoxy) is 1. The summed E-state index contributed by atoms with van der Waals surface area (Å²) in [5.74, 6) is -0.290. The maximum absolute atomic E-state index is 13.1. The van der Waals surface area contributed by atoms with E-state index in [0.717, 1.165) is 5.56 Å². The number of nitrogens with one attached hydrogen (secondary N) is 2. The maximum atomic E-state index is 13.1. The van der Waals surface area contributed by atoms with Crippen molar-refractivity contribution in [2.24, 2.45) is 0 Å². The first-order valence-corrected chi connectivity index (χ1v) is 11.7. The molecular formula is C24H25FN2O4S. The van der Waals surface area contributed by atoms with E-state index in [0.29, 0.717) is 17.9 Å². The third-order valence-electron chi connectivity index (χ3n) is 4.72. The third kappa shape index (κ3) is 6.63. The fourth-order valence-corrected chi connectivity index (χ4v) is 4.28. The second-order valence-electron chi connectivity index (χ2n) is 7.11. The van der Waals surface area contributed by atoms with Crippen LogP contribution in [0, 0.1) is 5.82 Å². The average Bonchev–Trinajstić information content (AvgIpc) is 2.79. The average molecular weight is 457 g/mol. The molecule has 0 aliphatic heterocycles. The van der Waals surface area contributed by atoms with Gasteiger partial charge < -0.3 is 10.1 Å². The molecule has 0 spiro atoms. The summed E-state index contributed by atoms with van der Waals surface area (Å²) in [6.07, 6.45) is 0.173. The van der Waals surface area contributed by atoms with E-state index >= 15 is 0 Å². The molecule has 1 amide bonds. The number of carbonyl (C=O) groups excluding carboxylic acids is 1. The van der Waals surface area contributed by atoms with Crippen LogP contribution in [0.5, 0.6) is 5.75 Å². The third-order valence-corrected chi connectivity index (χ3v) is 6.21. The van der Waals surface area contributed by atoms with E-state index in [4.69, 9.17) is 4.74 Å². The lowest BCUT2D eigenvalue weighted by atomic mass is 10.1. The van der Waals surface area contributed by atoms with E-state index in [9.17, 15) is 17.6 Å². The topological polar surface area (TPSA) is 84.5 Å². The van der Waals surface area contributed by atoms with Gasteiger partial charge in [-0.05, 0) is 60.9 Å². The van der Waals surface area contributed by atoms with Crippen LogP contribution in [0.4, 0.5) is 4.39 Å². The van der Waals surface area contributed by atoms with Crippen molar-refractivity contribution in [2.45, 2.75) is 30.8 Å². The summed E-state index contributed by atoms with van der Waals surface area (Å²) in [4.78, 5) is 12.9. The smallest absolute Gasteiger partial charge is 0.241 e. The fourth-order valence-electron chi connectivity index (χ4n) is 3.09. The van der Waals surface area contributed by atoms with Crippen molar-refractivity contribution in [3.8, 4) is 5.75 Å². The molecule has 0 aliphatic carbocycles. The first kappa shape index (κ1) is 23.4. The van der Waals surface area contributed by atoms with E-state index in [-0.39, 0.29) is 23.7 Å². The molecule has 0 aromatic heterocycles. The molecule has 8 heteroatoms. The van der Waals surface area contributed by atoms with Gasteiger partial charge >= 0.3 is 0 Å². The highest BCUT2D eigenvalue weighted by Gasteiger charge is 2.26. The van der Waals surface area contributed by atoms with Crippen LogP contribution in [0.25, 0.3) is 0 Å². The quantitative estimate of drug-likeness (QED) is 0.490. The zero-order chi connectivity index (χ0) is 23.0. The number of amides is 1. The zero-order valence-electron chi connectivity index (χ0n) is 17.6. The summed E-state index contributed by atoms with van der Waals surface area (Å²) < 4.78 is 46.9. The van der Waals surface area contributed by atoms with Crippen LogP contribution >= 0.6 is 0 Å². The lowest BCUT2D eigenvalue weighted by Crippen LogP contribution is -2.47. The van der Waals surface area contributed by atoms with Crippen LogP contribution in [0.3, 0.4) is 0 Å². The van der Waals surface area contributed by atoms with Crippen LogP contribution in [0.2, 0.25) is 0 Å². The van der Waals surface area contributed by atoms with Crippen LogP contribution in [0.1, 0.15) is 18.1 Å². The monoisotopic (exact) mass is 456 g/mol. The Morgan fingerprint density at radius 3 is 2.22 bits per heavy atom. The van der Waals surface area contributed by atoms with Crippen molar-refractivity contribution in [1.29, 1.82) is 0 Å². The molecule has 0 saturated heterocycles. The molecule has 0 aliphatic rings. The van der Waals surface area contributed by atoms with Crippen molar-refractivity contribution >= 4 is 15.9 Å². The van der Waals surface area contributed by atoms with Gasteiger partial charge in [0.25, 0.3) is 0 Å².